The van der Waals surface area contributed by atoms with Gasteiger partial charge in [0.1, 0.15) is 0 Å². The Morgan fingerprint density at radius 2 is 1.32 bits per heavy atom. The summed E-state index contributed by atoms with van der Waals surface area (Å²) in [6.07, 6.45) is 21.8. The largest absolute Gasteiger partial charge is 0.0836 e. The molecule has 0 N–H and O–H groups in total. The van der Waals surface area contributed by atoms with Crippen LogP contribution in [0, 0.1) is 5.92 Å². The van der Waals surface area contributed by atoms with E-state index in [2.05, 4.69) is 109 Å². The standard InChI is InChI=1S/C38H32/c1-5-17-29-25(13-1)26-14-2-6-18-30(26)37(29)33-21-9-11-23-35(33)38(36-24-12-10-22-34(36)37)31-19-7-3-15-27(31)28-16-4-8-20-32(28)38/h1-7,9,11,13-19,21,23,25,29H,8,10,12,20,22,24H2. The van der Waals surface area contributed by atoms with Crippen molar-refractivity contribution in [3.63, 3.8) is 0 Å². The summed E-state index contributed by atoms with van der Waals surface area (Å²) in [4.78, 5) is 0. The van der Waals surface area contributed by atoms with Crippen LogP contribution < -0.4 is 0 Å². The first kappa shape index (κ1) is 21.3. The average Bonchev–Trinajstić information content (AvgIpc) is 3.46. The second kappa shape index (κ2) is 7.48. The second-order valence-corrected chi connectivity index (χ2v) is 12.1. The molecule has 0 heteroatoms. The van der Waals surface area contributed by atoms with Gasteiger partial charge in [-0.05, 0) is 83.1 Å². The molecular formula is C38H32. The first-order valence-electron chi connectivity index (χ1n) is 14.7. The van der Waals surface area contributed by atoms with Gasteiger partial charge >= 0.3 is 0 Å². The minimum absolute atomic E-state index is 0.0805. The lowest BCUT2D eigenvalue weighted by Crippen LogP contribution is -2.48. The maximum absolute atomic E-state index is 2.55. The van der Waals surface area contributed by atoms with Gasteiger partial charge in [-0.1, -0.05) is 120 Å². The van der Waals surface area contributed by atoms with Crippen LogP contribution in [0.1, 0.15) is 77.8 Å². The minimum Gasteiger partial charge on any atom is -0.0836 e. The molecule has 0 radical (unpaired) electrons. The molecule has 0 saturated heterocycles. The fourth-order valence-corrected chi connectivity index (χ4v) is 9.73. The van der Waals surface area contributed by atoms with Gasteiger partial charge in [0.25, 0.3) is 0 Å². The van der Waals surface area contributed by atoms with Crippen molar-refractivity contribution in [1.29, 1.82) is 0 Å². The van der Waals surface area contributed by atoms with Crippen molar-refractivity contribution in [2.45, 2.75) is 55.3 Å². The van der Waals surface area contributed by atoms with Crippen LogP contribution in [0.4, 0.5) is 0 Å². The molecule has 0 aliphatic heterocycles. The summed E-state index contributed by atoms with van der Waals surface area (Å²) < 4.78 is 0. The third kappa shape index (κ3) is 2.27. The number of rotatable bonds is 0. The van der Waals surface area contributed by atoms with Crippen LogP contribution in [0.5, 0.6) is 0 Å². The maximum Gasteiger partial charge on any atom is 0.0642 e. The molecule has 0 fully saturated rings. The lowest BCUT2D eigenvalue weighted by molar-refractivity contribution is 0.385. The molecular weight excluding hydrogens is 456 g/mol. The van der Waals surface area contributed by atoms with Gasteiger partial charge in [-0.25, -0.2) is 0 Å². The fourth-order valence-electron chi connectivity index (χ4n) is 9.73. The molecule has 0 aromatic heterocycles. The fraction of sp³-hybridized carbons (Fsp3) is 0.263. The topological polar surface area (TPSA) is 0 Å². The van der Waals surface area contributed by atoms with Crippen LogP contribution in [0.25, 0.3) is 5.57 Å². The highest BCUT2D eigenvalue weighted by Crippen LogP contribution is 2.70. The van der Waals surface area contributed by atoms with E-state index >= 15 is 0 Å². The van der Waals surface area contributed by atoms with Crippen molar-refractivity contribution in [2.24, 2.45) is 5.92 Å². The Kier molecular flexibility index (Phi) is 4.19. The summed E-state index contributed by atoms with van der Waals surface area (Å²) in [5.74, 6) is 0.875. The Morgan fingerprint density at radius 3 is 2.21 bits per heavy atom. The first-order chi connectivity index (χ1) is 18.9. The Hall–Kier alpha value is -3.64. The van der Waals surface area contributed by atoms with Gasteiger partial charge in [-0.2, -0.15) is 0 Å². The summed E-state index contributed by atoms with van der Waals surface area (Å²) in [5.41, 5.74) is 15.7. The van der Waals surface area contributed by atoms with Crippen LogP contribution in [-0.2, 0) is 10.8 Å². The van der Waals surface area contributed by atoms with E-state index in [0.29, 0.717) is 11.8 Å². The van der Waals surface area contributed by atoms with Gasteiger partial charge < -0.3 is 0 Å². The Morgan fingerprint density at radius 1 is 0.605 bits per heavy atom. The third-order valence-electron chi connectivity index (χ3n) is 10.8. The van der Waals surface area contributed by atoms with Gasteiger partial charge in [0.15, 0.2) is 0 Å². The lowest BCUT2D eigenvalue weighted by Gasteiger charge is -2.54. The highest BCUT2D eigenvalue weighted by atomic mass is 14.6. The average molecular weight is 489 g/mol. The van der Waals surface area contributed by atoms with Crippen LogP contribution in [0.3, 0.4) is 0 Å². The van der Waals surface area contributed by atoms with Crippen molar-refractivity contribution >= 4 is 5.57 Å². The van der Waals surface area contributed by atoms with Crippen molar-refractivity contribution in [3.8, 4) is 0 Å². The molecule has 184 valence electrons. The third-order valence-corrected chi connectivity index (χ3v) is 10.8. The molecule has 6 aliphatic rings. The molecule has 38 heavy (non-hydrogen) atoms. The zero-order chi connectivity index (χ0) is 24.9. The molecule has 3 aromatic carbocycles. The molecule has 0 bridgehead atoms. The van der Waals surface area contributed by atoms with E-state index in [1.165, 1.54) is 47.9 Å². The van der Waals surface area contributed by atoms with E-state index in [1.807, 2.05) is 0 Å². The molecule has 2 spiro atoms. The summed E-state index contributed by atoms with van der Waals surface area (Å²) in [6.45, 7) is 0. The molecule has 0 amide bonds. The highest BCUT2D eigenvalue weighted by molar-refractivity contribution is 5.92. The SMILES string of the molecule is C1=CC2c3ccccc3C3(C4=C(CCCC4)C4(C5=C(C=CCC5)c5ccccc54)c4ccccc43)C2C=C1. The predicted molar refractivity (Wildman–Crippen MR) is 156 cm³/mol. The molecule has 3 aromatic rings. The summed E-state index contributed by atoms with van der Waals surface area (Å²) in [7, 11) is 0. The summed E-state index contributed by atoms with van der Waals surface area (Å²) in [5, 5.41) is 0. The van der Waals surface area contributed by atoms with Crippen LogP contribution in [-0.4, -0.2) is 0 Å². The van der Waals surface area contributed by atoms with E-state index in [1.54, 1.807) is 33.4 Å². The Labute approximate surface area is 225 Å². The van der Waals surface area contributed by atoms with E-state index in [9.17, 15) is 0 Å². The first-order valence-corrected chi connectivity index (χ1v) is 14.7. The molecule has 4 atom stereocenters. The molecule has 0 heterocycles. The van der Waals surface area contributed by atoms with Crippen LogP contribution >= 0.6 is 0 Å². The second-order valence-electron chi connectivity index (χ2n) is 12.1. The Bertz CT molecular complexity index is 1690. The number of benzene rings is 3. The number of hydrogen-bond donors (Lipinski definition) is 0. The van der Waals surface area contributed by atoms with Gasteiger partial charge in [0.05, 0.1) is 5.41 Å². The van der Waals surface area contributed by atoms with Gasteiger partial charge in [-0.3, -0.25) is 0 Å². The van der Waals surface area contributed by atoms with Gasteiger partial charge in [-0.15, -0.1) is 0 Å². The van der Waals surface area contributed by atoms with Crippen molar-refractivity contribution in [2.75, 3.05) is 0 Å². The highest BCUT2D eigenvalue weighted by Gasteiger charge is 2.62. The van der Waals surface area contributed by atoms with Crippen molar-refractivity contribution in [3.05, 3.63) is 159 Å². The normalized spacial score (nSPS) is 31.3. The number of fused-ring (bicyclic) bond motifs is 14. The van der Waals surface area contributed by atoms with Crippen LogP contribution in [0.15, 0.2) is 126 Å². The minimum atomic E-state index is -0.116. The van der Waals surface area contributed by atoms with E-state index in [4.69, 9.17) is 0 Å². The van der Waals surface area contributed by atoms with E-state index in [0.717, 1.165) is 12.8 Å². The van der Waals surface area contributed by atoms with Gasteiger partial charge in [0.2, 0.25) is 0 Å². The predicted octanol–water partition coefficient (Wildman–Crippen LogP) is 9.10. The van der Waals surface area contributed by atoms with Crippen molar-refractivity contribution in [1.82, 2.24) is 0 Å². The summed E-state index contributed by atoms with van der Waals surface area (Å²) >= 11 is 0. The molecule has 0 nitrogen and oxygen atoms in total. The quantitative estimate of drug-likeness (QED) is 0.277. The molecule has 6 aliphatic carbocycles. The lowest BCUT2D eigenvalue weighted by atomic mass is 9.48. The smallest absolute Gasteiger partial charge is 0.0642 e. The zero-order valence-corrected chi connectivity index (χ0v) is 21.8. The zero-order valence-electron chi connectivity index (χ0n) is 21.8. The number of allylic oxidation sites excluding steroid dienone is 10. The number of hydrogen-bond acceptors (Lipinski definition) is 0. The molecule has 4 unspecified atom stereocenters. The molecule has 9 rings (SSSR count). The molecule has 0 saturated carbocycles. The summed E-state index contributed by atoms with van der Waals surface area (Å²) in [6, 6.07) is 28.5. The van der Waals surface area contributed by atoms with Crippen molar-refractivity contribution < 1.29 is 0 Å². The van der Waals surface area contributed by atoms with Crippen LogP contribution in [0.2, 0.25) is 0 Å². The maximum atomic E-state index is 2.55. The monoisotopic (exact) mass is 488 g/mol. The van der Waals surface area contributed by atoms with E-state index in [-0.39, 0.29) is 10.8 Å². The Balaban J connectivity index is 1.48. The van der Waals surface area contributed by atoms with Gasteiger partial charge in [0, 0.05) is 17.3 Å². The van der Waals surface area contributed by atoms with E-state index < -0.39 is 0 Å².